The van der Waals surface area contributed by atoms with Gasteiger partial charge in [-0.15, -0.1) is 16.9 Å². The largest absolute Gasteiger partial charge is 0.478 e. The zero-order chi connectivity index (χ0) is 19.5. The summed E-state index contributed by atoms with van der Waals surface area (Å²) < 4.78 is 0. The average Bonchev–Trinajstić information content (AvgIpc) is 3.17. The van der Waals surface area contributed by atoms with E-state index in [9.17, 15) is 9.59 Å². The van der Waals surface area contributed by atoms with Gasteiger partial charge in [-0.2, -0.15) is 4.98 Å². The molecular formula is C18H16N6O3S. The summed E-state index contributed by atoms with van der Waals surface area (Å²) in [5.74, 6) is 0.196. The molecule has 3 heterocycles. The first-order valence-corrected chi connectivity index (χ1v) is 9.47. The monoisotopic (exact) mass is 396 g/mol. The van der Waals surface area contributed by atoms with Gasteiger partial charge in [-0.1, -0.05) is 6.07 Å². The number of pyridine rings is 1. The number of hydrogen-bond acceptors (Lipinski definition) is 7. The van der Waals surface area contributed by atoms with Crippen LogP contribution in [0.2, 0.25) is 0 Å². The van der Waals surface area contributed by atoms with Gasteiger partial charge in [0.05, 0.1) is 17.8 Å². The smallest absolute Gasteiger partial charge is 0.335 e. The average molecular weight is 396 g/mol. The molecule has 4 rings (SSSR count). The van der Waals surface area contributed by atoms with Gasteiger partial charge in [0.25, 0.3) is 0 Å². The van der Waals surface area contributed by atoms with Gasteiger partial charge in [-0.3, -0.25) is 20.2 Å². The van der Waals surface area contributed by atoms with Gasteiger partial charge in [0.15, 0.2) is 5.82 Å². The fourth-order valence-electron chi connectivity index (χ4n) is 2.85. The summed E-state index contributed by atoms with van der Waals surface area (Å²) >= 11 is 1.58. The Hall–Kier alpha value is -3.40. The third kappa shape index (κ3) is 3.81. The van der Waals surface area contributed by atoms with Crippen LogP contribution in [-0.2, 0) is 4.79 Å². The van der Waals surface area contributed by atoms with E-state index in [1.54, 1.807) is 48.3 Å². The zero-order valence-electron chi connectivity index (χ0n) is 14.6. The van der Waals surface area contributed by atoms with Crippen LogP contribution >= 0.6 is 11.8 Å². The molecule has 1 aliphatic rings. The summed E-state index contributed by atoms with van der Waals surface area (Å²) in [4.78, 5) is 34.8. The Morgan fingerprint density at radius 1 is 1.29 bits per heavy atom. The number of aromatic carboxylic acids is 1. The molecule has 0 atom stereocenters. The third-order valence-electron chi connectivity index (χ3n) is 4.14. The molecule has 0 spiro atoms. The Morgan fingerprint density at radius 3 is 2.96 bits per heavy atom. The zero-order valence-corrected chi connectivity index (χ0v) is 15.4. The molecule has 142 valence electrons. The van der Waals surface area contributed by atoms with Gasteiger partial charge in [0.1, 0.15) is 5.69 Å². The van der Waals surface area contributed by atoms with Crippen molar-refractivity contribution in [2.75, 3.05) is 29.1 Å². The van der Waals surface area contributed by atoms with Crippen LogP contribution in [0.1, 0.15) is 10.4 Å². The quantitative estimate of drug-likeness (QED) is 0.599. The molecule has 0 saturated carbocycles. The Bertz CT molecular complexity index is 1020. The van der Waals surface area contributed by atoms with Crippen molar-refractivity contribution in [2.45, 2.75) is 4.90 Å². The number of H-pyrrole nitrogens is 1. The lowest BCUT2D eigenvalue weighted by Gasteiger charge is -2.30. The van der Waals surface area contributed by atoms with Gasteiger partial charge >= 0.3 is 5.97 Å². The molecule has 2 aromatic heterocycles. The fraction of sp³-hybridized carbons (Fsp3) is 0.167. The minimum absolute atomic E-state index is 0.118. The minimum Gasteiger partial charge on any atom is -0.478 e. The lowest BCUT2D eigenvalue weighted by Crippen LogP contribution is -2.37. The topological polar surface area (TPSA) is 124 Å². The number of carboxylic acids is 1. The summed E-state index contributed by atoms with van der Waals surface area (Å²) in [5, 5.41) is 18.6. The highest BCUT2D eigenvalue weighted by molar-refractivity contribution is 7.99. The molecule has 0 bridgehead atoms. The molecule has 1 aliphatic heterocycles. The highest BCUT2D eigenvalue weighted by Gasteiger charge is 2.21. The van der Waals surface area contributed by atoms with Crippen LogP contribution < -0.4 is 10.2 Å². The number of nitrogens with one attached hydrogen (secondary N) is 2. The number of amides is 1. The number of nitrogens with zero attached hydrogens (tertiary/aromatic N) is 4. The second-order valence-electron chi connectivity index (χ2n) is 6.03. The summed E-state index contributed by atoms with van der Waals surface area (Å²) in [6.07, 6.45) is 1.65. The number of aromatic nitrogens is 4. The van der Waals surface area contributed by atoms with Gasteiger partial charge in [-0.05, 0) is 30.3 Å². The first kappa shape index (κ1) is 18.0. The van der Waals surface area contributed by atoms with Crippen LogP contribution in [0.25, 0.3) is 11.5 Å². The first-order chi connectivity index (χ1) is 13.6. The summed E-state index contributed by atoms with van der Waals surface area (Å²) in [7, 11) is 0. The van der Waals surface area contributed by atoms with E-state index in [4.69, 9.17) is 5.11 Å². The molecule has 1 aromatic carbocycles. The molecule has 10 heteroatoms. The number of thioether (sulfide) groups is 1. The SMILES string of the molecule is O=C(CN1CCSc2cc(C(=O)O)ccc21)Nc1n[nH]c(-c2ccccn2)n1. The maximum absolute atomic E-state index is 12.4. The van der Waals surface area contributed by atoms with Crippen LogP contribution in [0, 0.1) is 0 Å². The highest BCUT2D eigenvalue weighted by Crippen LogP contribution is 2.35. The van der Waals surface area contributed by atoms with Gasteiger partial charge in [-0.25, -0.2) is 4.79 Å². The van der Waals surface area contributed by atoms with Gasteiger partial charge < -0.3 is 10.0 Å². The number of carbonyl (C=O) groups excluding carboxylic acids is 1. The Labute approximate surface area is 164 Å². The lowest BCUT2D eigenvalue weighted by atomic mass is 10.2. The number of fused-ring (bicyclic) bond motifs is 1. The van der Waals surface area contributed by atoms with E-state index < -0.39 is 5.97 Å². The number of hydrogen-bond donors (Lipinski definition) is 3. The third-order valence-corrected chi connectivity index (χ3v) is 5.17. The number of carbonyl (C=O) groups is 2. The molecule has 28 heavy (non-hydrogen) atoms. The van der Waals surface area contributed by atoms with Gasteiger partial charge in [0.2, 0.25) is 11.9 Å². The van der Waals surface area contributed by atoms with Crippen LogP contribution in [0.15, 0.2) is 47.5 Å². The van der Waals surface area contributed by atoms with E-state index in [0.717, 1.165) is 16.3 Å². The van der Waals surface area contributed by atoms with Crippen LogP contribution in [0.4, 0.5) is 11.6 Å². The maximum atomic E-state index is 12.4. The van der Waals surface area contributed by atoms with Crippen molar-refractivity contribution in [2.24, 2.45) is 0 Å². The summed E-state index contributed by atoms with van der Waals surface area (Å²) in [6, 6.07) is 10.4. The van der Waals surface area contributed by atoms with Crippen LogP contribution in [-0.4, -0.2) is 56.0 Å². The normalized spacial score (nSPS) is 13.1. The van der Waals surface area contributed by atoms with Crippen LogP contribution in [0.5, 0.6) is 0 Å². The minimum atomic E-state index is -0.966. The standard InChI is InChI=1S/C18H16N6O3S/c25-15(20-18-21-16(22-23-18)12-3-1-2-6-19-12)10-24-7-8-28-14-9-11(17(26)27)4-5-13(14)24/h1-6,9H,7-8,10H2,(H,26,27)(H2,20,21,22,23,25). The number of rotatable bonds is 5. The van der Waals surface area contributed by atoms with Crippen molar-refractivity contribution < 1.29 is 14.7 Å². The summed E-state index contributed by atoms with van der Waals surface area (Å²) in [6.45, 7) is 0.804. The number of aromatic amines is 1. The van der Waals surface area contributed by atoms with E-state index in [1.165, 1.54) is 0 Å². The second kappa shape index (κ2) is 7.69. The predicted octanol–water partition coefficient (Wildman–Crippen LogP) is 2.12. The van der Waals surface area contributed by atoms with Crippen molar-refractivity contribution in [1.82, 2.24) is 20.2 Å². The Morgan fingerprint density at radius 2 is 2.18 bits per heavy atom. The van der Waals surface area contributed by atoms with Crippen molar-refractivity contribution in [3.63, 3.8) is 0 Å². The Balaban J connectivity index is 1.44. The molecular weight excluding hydrogens is 380 g/mol. The lowest BCUT2D eigenvalue weighted by molar-refractivity contribution is -0.115. The van der Waals surface area contributed by atoms with E-state index in [2.05, 4.69) is 25.5 Å². The predicted molar refractivity (Wildman–Crippen MR) is 105 cm³/mol. The molecule has 0 saturated heterocycles. The van der Waals surface area contributed by atoms with Gasteiger partial charge in [0, 0.05) is 23.4 Å². The molecule has 3 N–H and O–H groups in total. The number of carboxylic acid groups (broad SMARTS) is 1. The van der Waals surface area contributed by atoms with Crippen molar-refractivity contribution in [1.29, 1.82) is 0 Å². The highest BCUT2D eigenvalue weighted by atomic mass is 32.2. The molecule has 3 aromatic rings. The molecule has 0 radical (unpaired) electrons. The maximum Gasteiger partial charge on any atom is 0.335 e. The number of anilines is 2. The van der Waals surface area contributed by atoms with E-state index >= 15 is 0 Å². The van der Waals surface area contributed by atoms with Crippen LogP contribution in [0.3, 0.4) is 0 Å². The Kier molecular flexibility index (Phi) is 4.94. The van der Waals surface area contributed by atoms with E-state index in [1.807, 2.05) is 11.0 Å². The van der Waals surface area contributed by atoms with E-state index in [-0.39, 0.29) is 24.0 Å². The van der Waals surface area contributed by atoms with Crippen molar-refractivity contribution in [3.8, 4) is 11.5 Å². The fourth-order valence-corrected chi connectivity index (χ4v) is 3.93. The van der Waals surface area contributed by atoms with Crippen molar-refractivity contribution >= 4 is 35.3 Å². The summed E-state index contributed by atoms with van der Waals surface area (Å²) in [5.41, 5.74) is 1.72. The van der Waals surface area contributed by atoms with E-state index in [0.29, 0.717) is 18.1 Å². The number of benzene rings is 1. The molecule has 0 fully saturated rings. The molecule has 1 amide bonds. The second-order valence-corrected chi connectivity index (χ2v) is 7.17. The van der Waals surface area contributed by atoms with Crippen molar-refractivity contribution in [3.05, 3.63) is 48.2 Å². The molecule has 0 unspecified atom stereocenters. The molecule has 9 nitrogen and oxygen atoms in total. The molecule has 0 aliphatic carbocycles. The first-order valence-electron chi connectivity index (χ1n) is 8.49.